The van der Waals surface area contributed by atoms with E-state index in [9.17, 15) is 0 Å². The standard InChI is InChI=1S/C10H10N2O.C7H7NO/c11-7-9-6-10(12-13-9)8-4-2-1-3-5-8;9-8-6-7-4-2-1-3-5-7/h1-6H,7,11H2;1-6,9H. The zero-order valence-corrected chi connectivity index (χ0v) is 12.0. The van der Waals surface area contributed by atoms with E-state index in [1.807, 2.05) is 66.7 Å². The maximum absolute atomic E-state index is 8.09. The topological polar surface area (TPSA) is 84.6 Å². The summed E-state index contributed by atoms with van der Waals surface area (Å²) in [5.74, 6) is 0.707. The number of hydrogen-bond acceptors (Lipinski definition) is 5. The van der Waals surface area contributed by atoms with E-state index in [4.69, 9.17) is 15.5 Å². The number of oxime groups is 1. The molecular formula is C17H17N3O2. The van der Waals surface area contributed by atoms with Gasteiger partial charge in [-0.25, -0.2) is 0 Å². The van der Waals surface area contributed by atoms with Crippen molar-refractivity contribution in [3.8, 4) is 11.3 Å². The number of aromatic nitrogens is 1. The normalized spacial score (nSPS) is 10.2. The van der Waals surface area contributed by atoms with E-state index in [1.54, 1.807) is 0 Å². The van der Waals surface area contributed by atoms with Gasteiger partial charge in [0.05, 0.1) is 12.8 Å². The summed E-state index contributed by atoms with van der Waals surface area (Å²) in [6.07, 6.45) is 1.39. The van der Waals surface area contributed by atoms with Crippen molar-refractivity contribution < 1.29 is 9.73 Å². The quantitative estimate of drug-likeness (QED) is 0.441. The Bertz CT molecular complexity index is 694. The van der Waals surface area contributed by atoms with Gasteiger partial charge in [0.25, 0.3) is 0 Å². The highest BCUT2D eigenvalue weighted by atomic mass is 16.5. The molecule has 0 saturated heterocycles. The molecule has 3 aromatic rings. The van der Waals surface area contributed by atoms with Gasteiger partial charge in [-0.05, 0) is 5.56 Å². The maximum Gasteiger partial charge on any atom is 0.150 e. The number of hydrogen-bond donors (Lipinski definition) is 2. The molecule has 0 radical (unpaired) electrons. The van der Waals surface area contributed by atoms with Crippen LogP contribution in [0.2, 0.25) is 0 Å². The van der Waals surface area contributed by atoms with Gasteiger partial charge in [-0.3, -0.25) is 0 Å². The molecule has 5 heteroatoms. The van der Waals surface area contributed by atoms with Gasteiger partial charge < -0.3 is 15.5 Å². The van der Waals surface area contributed by atoms with Crippen LogP contribution in [-0.2, 0) is 6.54 Å². The molecule has 2 aromatic carbocycles. The van der Waals surface area contributed by atoms with Crippen LogP contribution >= 0.6 is 0 Å². The predicted molar refractivity (Wildman–Crippen MR) is 85.7 cm³/mol. The Balaban J connectivity index is 0.000000172. The first kappa shape index (κ1) is 15.5. The molecule has 0 fully saturated rings. The number of rotatable bonds is 3. The molecule has 0 spiro atoms. The predicted octanol–water partition coefficient (Wildman–Crippen LogP) is 3.30. The Hall–Kier alpha value is -2.92. The summed E-state index contributed by atoms with van der Waals surface area (Å²) >= 11 is 0. The lowest BCUT2D eigenvalue weighted by Crippen LogP contribution is -1.92. The van der Waals surface area contributed by atoms with Crippen molar-refractivity contribution in [1.82, 2.24) is 5.16 Å². The summed E-state index contributed by atoms with van der Waals surface area (Å²) in [6, 6.07) is 21.1. The molecule has 1 heterocycles. The Kier molecular flexibility index (Phi) is 5.90. The fraction of sp³-hybridized carbons (Fsp3) is 0.0588. The molecule has 112 valence electrons. The van der Waals surface area contributed by atoms with E-state index in [2.05, 4.69) is 10.3 Å². The van der Waals surface area contributed by atoms with Crippen LogP contribution in [0, 0.1) is 0 Å². The highest BCUT2D eigenvalue weighted by molar-refractivity contribution is 5.78. The molecule has 0 atom stereocenters. The third kappa shape index (κ3) is 4.57. The SMILES string of the molecule is NCc1cc(-c2ccccc2)no1.ON=Cc1ccccc1. The van der Waals surface area contributed by atoms with Crippen molar-refractivity contribution in [3.63, 3.8) is 0 Å². The second kappa shape index (κ2) is 8.39. The van der Waals surface area contributed by atoms with Gasteiger partial charge in [0, 0.05) is 11.6 Å². The summed E-state index contributed by atoms with van der Waals surface area (Å²) in [6.45, 7) is 0.389. The van der Waals surface area contributed by atoms with Crippen molar-refractivity contribution in [1.29, 1.82) is 0 Å². The Labute approximate surface area is 128 Å². The van der Waals surface area contributed by atoms with Crippen LogP contribution in [0.3, 0.4) is 0 Å². The second-order valence-corrected chi connectivity index (χ2v) is 4.40. The van der Waals surface area contributed by atoms with E-state index in [0.29, 0.717) is 12.3 Å². The summed E-state index contributed by atoms with van der Waals surface area (Å²) in [4.78, 5) is 0. The largest absolute Gasteiger partial charge is 0.411 e. The third-order valence-corrected chi connectivity index (χ3v) is 2.84. The molecule has 5 nitrogen and oxygen atoms in total. The highest BCUT2D eigenvalue weighted by Gasteiger charge is 2.03. The highest BCUT2D eigenvalue weighted by Crippen LogP contribution is 2.17. The van der Waals surface area contributed by atoms with Crippen LogP contribution in [0.15, 0.2) is 76.4 Å². The first-order valence-corrected chi connectivity index (χ1v) is 6.77. The Morgan fingerprint density at radius 2 is 1.68 bits per heavy atom. The van der Waals surface area contributed by atoms with Crippen LogP contribution in [0.1, 0.15) is 11.3 Å². The molecule has 0 aliphatic heterocycles. The zero-order chi connectivity index (χ0) is 15.6. The lowest BCUT2D eigenvalue weighted by molar-refractivity contribution is 0.322. The van der Waals surface area contributed by atoms with Gasteiger partial charge in [-0.2, -0.15) is 0 Å². The van der Waals surface area contributed by atoms with Gasteiger partial charge in [0.15, 0.2) is 5.76 Å². The minimum absolute atomic E-state index is 0.389. The van der Waals surface area contributed by atoms with Crippen LogP contribution in [0.5, 0.6) is 0 Å². The number of nitrogens with zero attached hydrogens (tertiary/aromatic N) is 2. The van der Waals surface area contributed by atoms with Crippen molar-refractivity contribution in [2.24, 2.45) is 10.9 Å². The molecule has 0 unspecified atom stereocenters. The lowest BCUT2D eigenvalue weighted by atomic mass is 10.1. The van der Waals surface area contributed by atoms with Crippen LogP contribution < -0.4 is 5.73 Å². The average molecular weight is 295 g/mol. The van der Waals surface area contributed by atoms with Gasteiger partial charge in [-0.15, -0.1) is 0 Å². The lowest BCUT2D eigenvalue weighted by Gasteiger charge is -1.91. The van der Waals surface area contributed by atoms with Gasteiger partial charge in [-0.1, -0.05) is 71.0 Å². The molecule has 3 rings (SSSR count). The molecule has 0 saturated carbocycles. The third-order valence-electron chi connectivity index (χ3n) is 2.84. The zero-order valence-electron chi connectivity index (χ0n) is 12.0. The van der Waals surface area contributed by atoms with Crippen molar-refractivity contribution in [2.75, 3.05) is 0 Å². The Morgan fingerprint density at radius 1 is 1.05 bits per heavy atom. The molecule has 22 heavy (non-hydrogen) atoms. The van der Waals surface area contributed by atoms with Crippen LogP contribution in [0.25, 0.3) is 11.3 Å². The summed E-state index contributed by atoms with van der Waals surface area (Å²) < 4.78 is 4.99. The smallest absolute Gasteiger partial charge is 0.150 e. The maximum atomic E-state index is 8.09. The van der Waals surface area contributed by atoms with E-state index in [-0.39, 0.29) is 0 Å². The minimum Gasteiger partial charge on any atom is -0.411 e. The van der Waals surface area contributed by atoms with Crippen molar-refractivity contribution in [3.05, 3.63) is 78.1 Å². The fourth-order valence-corrected chi connectivity index (χ4v) is 1.76. The summed E-state index contributed by atoms with van der Waals surface area (Å²) in [5, 5.41) is 14.9. The van der Waals surface area contributed by atoms with Gasteiger partial charge in [0.1, 0.15) is 5.69 Å². The molecule has 0 amide bonds. The van der Waals surface area contributed by atoms with Crippen molar-refractivity contribution in [2.45, 2.75) is 6.54 Å². The molecule has 3 N–H and O–H groups in total. The number of benzene rings is 2. The first-order valence-electron chi connectivity index (χ1n) is 6.77. The monoisotopic (exact) mass is 295 g/mol. The summed E-state index contributed by atoms with van der Waals surface area (Å²) in [7, 11) is 0. The van der Waals surface area contributed by atoms with E-state index in [1.165, 1.54) is 6.21 Å². The molecule has 0 bridgehead atoms. The summed E-state index contributed by atoms with van der Waals surface area (Å²) in [5.41, 5.74) is 8.19. The van der Waals surface area contributed by atoms with E-state index in [0.717, 1.165) is 16.8 Å². The molecule has 1 aromatic heterocycles. The second-order valence-electron chi connectivity index (χ2n) is 4.40. The fourth-order valence-electron chi connectivity index (χ4n) is 1.76. The van der Waals surface area contributed by atoms with Crippen LogP contribution in [-0.4, -0.2) is 16.6 Å². The van der Waals surface area contributed by atoms with E-state index < -0.39 is 0 Å². The van der Waals surface area contributed by atoms with E-state index >= 15 is 0 Å². The van der Waals surface area contributed by atoms with Crippen molar-refractivity contribution >= 4 is 6.21 Å². The van der Waals surface area contributed by atoms with Gasteiger partial charge in [0.2, 0.25) is 0 Å². The van der Waals surface area contributed by atoms with Gasteiger partial charge >= 0.3 is 0 Å². The molecular weight excluding hydrogens is 278 g/mol. The number of nitrogens with two attached hydrogens (primary N) is 1. The minimum atomic E-state index is 0.389. The average Bonchev–Trinajstić information content (AvgIpc) is 3.07. The van der Waals surface area contributed by atoms with Crippen LogP contribution in [0.4, 0.5) is 0 Å². The molecule has 0 aliphatic rings. The Morgan fingerprint density at radius 3 is 2.23 bits per heavy atom. The molecule has 0 aliphatic carbocycles. The first-order chi connectivity index (χ1) is 10.8.